The van der Waals surface area contributed by atoms with Gasteiger partial charge in [0.15, 0.2) is 0 Å². The minimum absolute atomic E-state index is 0.0150. The highest BCUT2D eigenvalue weighted by Gasteiger charge is 2.39. The van der Waals surface area contributed by atoms with Gasteiger partial charge in [0.25, 0.3) is 11.7 Å². The predicted molar refractivity (Wildman–Crippen MR) is 67.5 cm³/mol. The number of hydrogen-bond donors (Lipinski definition) is 0. The van der Waals surface area contributed by atoms with Crippen LogP contribution in [0.3, 0.4) is 0 Å². The van der Waals surface area contributed by atoms with Crippen molar-refractivity contribution in [2.75, 3.05) is 11.4 Å². The molecule has 0 N–H and O–H groups in total. The van der Waals surface area contributed by atoms with Crippen LogP contribution in [0.1, 0.15) is 23.7 Å². The Balaban J connectivity index is 2.48. The Morgan fingerprint density at radius 2 is 2.11 bits per heavy atom. The molecule has 1 aliphatic rings. The first-order chi connectivity index (χ1) is 8.43. The van der Waals surface area contributed by atoms with Gasteiger partial charge in [0, 0.05) is 6.54 Å². The fourth-order valence-electron chi connectivity index (χ4n) is 1.87. The van der Waals surface area contributed by atoms with E-state index in [4.69, 9.17) is 11.6 Å². The van der Waals surface area contributed by atoms with E-state index in [2.05, 4.69) is 6.58 Å². The monoisotopic (exact) mass is 267 g/mol. The van der Waals surface area contributed by atoms with Crippen LogP contribution in [-0.4, -0.2) is 18.2 Å². The number of carbonyl (C=O) groups is 2. The maximum Gasteiger partial charge on any atom is 0.299 e. The average Bonchev–Trinajstić information content (AvgIpc) is 2.56. The normalized spacial score (nSPS) is 14.1. The first kappa shape index (κ1) is 12.8. The molecule has 1 heterocycles. The molecule has 5 heteroatoms. The van der Waals surface area contributed by atoms with Gasteiger partial charge in [-0.15, -0.1) is 6.58 Å². The molecular formula is C13H11ClFNO2. The summed E-state index contributed by atoms with van der Waals surface area (Å²) in [5, 5.41) is 0.0996. The lowest BCUT2D eigenvalue weighted by Crippen LogP contribution is -2.31. The number of anilines is 1. The fraction of sp³-hybridized carbons (Fsp3) is 0.231. The number of Topliss-reactive ketones (excluding diaryl/α,β-unsaturated/α-hetero) is 1. The van der Waals surface area contributed by atoms with E-state index in [1.54, 1.807) is 6.92 Å². The molecule has 0 fully saturated rings. The zero-order chi connectivity index (χ0) is 13.4. The molecule has 0 aromatic heterocycles. The smallest absolute Gasteiger partial charge is 0.299 e. The molecule has 1 aromatic rings. The predicted octanol–water partition coefficient (Wildman–Crippen LogP) is 2.97. The lowest BCUT2D eigenvalue weighted by atomic mass is 10.1. The van der Waals surface area contributed by atoms with E-state index in [-0.39, 0.29) is 22.8 Å². The van der Waals surface area contributed by atoms with Gasteiger partial charge in [-0.2, -0.15) is 0 Å². The number of carbonyl (C=O) groups excluding carboxylic acids is 2. The second kappa shape index (κ2) is 4.53. The molecule has 3 nitrogen and oxygen atoms in total. The average molecular weight is 268 g/mol. The molecule has 0 spiro atoms. The standard InChI is InChI=1S/C13H11ClFNO2/c1-7(2)5-6-16-11-9(15)4-3-8(14)10(11)12(17)13(16)18/h3-4H,1,5-6H2,2H3. The molecule has 2 rings (SSSR count). The lowest BCUT2D eigenvalue weighted by molar-refractivity contribution is -0.114. The highest BCUT2D eigenvalue weighted by atomic mass is 35.5. The molecule has 0 saturated carbocycles. The molecule has 0 aliphatic carbocycles. The Labute approximate surface area is 109 Å². The van der Waals surface area contributed by atoms with Crippen molar-refractivity contribution in [1.82, 2.24) is 0 Å². The highest BCUT2D eigenvalue weighted by Crippen LogP contribution is 2.36. The fourth-order valence-corrected chi connectivity index (χ4v) is 2.11. The first-order valence-corrected chi connectivity index (χ1v) is 5.80. The Morgan fingerprint density at radius 1 is 1.44 bits per heavy atom. The number of halogens is 2. The molecule has 0 unspecified atom stereocenters. The third-order valence-electron chi connectivity index (χ3n) is 2.78. The Bertz CT molecular complexity index is 568. The van der Waals surface area contributed by atoms with E-state index >= 15 is 0 Å². The van der Waals surface area contributed by atoms with Gasteiger partial charge in [-0.05, 0) is 25.5 Å². The Kier molecular flexibility index (Phi) is 3.22. The number of ketones is 1. The van der Waals surface area contributed by atoms with Crippen LogP contribution >= 0.6 is 11.6 Å². The van der Waals surface area contributed by atoms with Gasteiger partial charge >= 0.3 is 0 Å². The van der Waals surface area contributed by atoms with Gasteiger partial charge in [-0.3, -0.25) is 9.59 Å². The van der Waals surface area contributed by atoms with Crippen molar-refractivity contribution in [3.63, 3.8) is 0 Å². The van der Waals surface area contributed by atoms with Gasteiger partial charge in [0.2, 0.25) is 0 Å². The summed E-state index contributed by atoms with van der Waals surface area (Å²) in [7, 11) is 0. The van der Waals surface area contributed by atoms with Crippen LogP contribution in [0, 0.1) is 5.82 Å². The number of hydrogen-bond acceptors (Lipinski definition) is 2. The van der Waals surface area contributed by atoms with Crippen LogP contribution in [0.15, 0.2) is 24.3 Å². The second-order valence-electron chi connectivity index (χ2n) is 4.25. The quantitative estimate of drug-likeness (QED) is 0.624. The third kappa shape index (κ3) is 1.93. The number of rotatable bonds is 3. The van der Waals surface area contributed by atoms with Crippen LogP contribution in [0.5, 0.6) is 0 Å². The molecule has 0 saturated heterocycles. The molecule has 0 radical (unpaired) electrons. The van der Waals surface area contributed by atoms with Crippen LogP contribution in [-0.2, 0) is 4.79 Å². The summed E-state index contributed by atoms with van der Waals surface area (Å²) in [5.41, 5.74) is 0.799. The first-order valence-electron chi connectivity index (χ1n) is 5.42. The summed E-state index contributed by atoms with van der Waals surface area (Å²) in [6.07, 6.45) is 0.504. The molecule has 1 aromatic carbocycles. The minimum Gasteiger partial charge on any atom is -0.302 e. The van der Waals surface area contributed by atoms with E-state index in [0.29, 0.717) is 6.42 Å². The van der Waals surface area contributed by atoms with Crippen LogP contribution in [0.4, 0.5) is 10.1 Å². The van der Waals surface area contributed by atoms with Crippen molar-refractivity contribution in [3.05, 3.63) is 40.7 Å². The molecule has 0 bridgehead atoms. The van der Waals surface area contributed by atoms with Crippen molar-refractivity contribution in [1.29, 1.82) is 0 Å². The number of amides is 1. The zero-order valence-electron chi connectivity index (χ0n) is 9.80. The minimum atomic E-state index is -0.754. The van der Waals surface area contributed by atoms with Crippen LogP contribution in [0.2, 0.25) is 5.02 Å². The largest absolute Gasteiger partial charge is 0.302 e. The third-order valence-corrected chi connectivity index (χ3v) is 3.09. The number of benzene rings is 1. The molecule has 0 atom stereocenters. The van der Waals surface area contributed by atoms with Crippen molar-refractivity contribution >= 4 is 29.0 Å². The highest BCUT2D eigenvalue weighted by molar-refractivity contribution is 6.55. The van der Waals surface area contributed by atoms with E-state index < -0.39 is 17.5 Å². The summed E-state index contributed by atoms with van der Waals surface area (Å²) in [6, 6.07) is 2.43. The van der Waals surface area contributed by atoms with Crippen molar-refractivity contribution < 1.29 is 14.0 Å². The summed E-state index contributed by atoms with van der Waals surface area (Å²) in [6.45, 7) is 5.74. The maximum absolute atomic E-state index is 13.8. The van der Waals surface area contributed by atoms with E-state index in [1.165, 1.54) is 6.07 Å². The molecule has 18 heavy (non-hydrogen) atoms. The van der Waals surface area contributed by atoms with Gasteiger partial charge in [0.05, 0.1) is 16.3 Å². The van der Waals surface area contributed by atoms with Gasteiger partial charge in [-0.1, -0.05) is 17.2 Å². The molecule has 1 amide bonds. The lowest BCUT2D eigenvalue weighted by Gasteiger charge is -2.17. The molecule has 1 aliphatic heterocycles. The van der Waals surface area contributed by atoms with Crippen molar-refractivity contribution in [3.8, 4) is 0 Å². The summed E-state index contributed by atoms with van der Waals surface area (Å²) >= 11 is 5.85. The van der Waals surface area contributed by atoms with E-state index in [9.17, 15) is 14.0 Å². The van der Waals surface area contributed by atoms with Crippen LogP contribution in [0.25, 0.3) is 0 Å². The van der Waals surface area contributed by atoms with Gasteiger partial charge < -0.3 is 4.90 Å². The summed E-state index contributed by atoms with van der Waals surface area (Å²) in [5.74, 6) is -2.11. The zero-order valence-corrected chi connectivity index (χ0v) is 10.6. The molecule has 94 valence electrons. The van der Waals surface area contributed by atoms with E-state index in [0.717, 1.165) is 16.5 Å². The van der Waals surface area contributed by atoms with Gasteiger partial charge in [0.1, 0.15) is 5.82 Å². The molecular weight excluding hydrogens is 257 g/mol. The Hall–Kier alpha value is -1.68. The summed E-state index contributed by atoms with van der Waals surface area (Å²) < 4.78 is 13.8. The van der Waals surface area contributed by atoms with E-state index in [1.807, 2.05) is 0 Å². The van der Waals surface area contributed by atoms with Crippen LogP contribution < -0.4 is 4.90 Å². The van der Waals surface area contributed by atoms with Crippen molar-refractivity contribution in [2.24, 2.45) is 0 Å². The second-order valence-corrected chi connectivity index (χ2v) is 4.65. The maximum atomic E-state index is 13.8. The van der Waals surface area contributed by atoms with Gasteiger partial charge in [-0.25, -0.2) is 4.39 Å². The summed E-state index contributed by atoms with van der Waals surface area (Å²) in [4.78, 5) is 24.7. The topological polar surface area (TPSA) is 37.4 Å². The number of fused-ring (bicyclic) bond motifs is 1. The Morgan fingerprint density at radius 3 is 2.72 bits per heavy atom. The van der Waals surface area contributed by atoms with Crippen molar-refractivity contribution in [2.45, 2.75) is 13.3 Å². The number of nitrogens with zero attached hydrogens (tertiary/aromatic N) is 1. The SMILES string of the molecule is C=C(C)CCN1C(=O)C(=O)c2c(Cl)ccc(F)c21.